The number of hydrogen-bond acceptors (Lipinski definition) is 5. The number of rotatable bonds is 4. The summed E-state index contributed by atoms with van der Waals surface area (Å²) in [4.78, 5) is 9.99. The van der Waals surface area contributed by atoms with E-state index in [4.69, 9.17) is 0 Å². The molecule has 13 heavy (non-hydrogen) atoms. The number of aromatic nitrogens is 2. The van der Waals surface area contributed by atoms with E-state index in [2.05, 4.69) is 14.9 Å². The zero-order valence-corrected chi connectivity index (χ0v) is 8.68. The molecule has 0 saturated heterocycles. The van der Waals surface area contributed by atoms with Gasteiger partial charge in [0.15, 0.2) is 0 Å². The predicted molar refractivity (Wildman–Crippen MR) is 50.4 cm³/mol. The minimum atomic E-state index is -1.58. The van der Waals surface area contributed by atoms with E-state index in [1.807, 2.05) is 0 Å². The summed E-state index contributed by atoms with van der Waals surface area (Å²) in [6, 6.07) is 0. The van der Waals surface area contributed by atoms with E-state index in [9.17, 15) is 9.00 Å². The maximum Gasteiger partial charge on any atom is 0.226 e. The van der Waals surface area contributed by atoms with Crippen LogP contribution >= 0.6 is 11.3 Å². The van der Waals surface area contributed by atoms with Crippen LogP contribution in [-0.4, -0.2) is 27.9 Å². The maximum atomic E-state index is 11.2. The highest BCUT2D eigenvalue weighted by Gasteiger charge is 2.12. The fourth-order valence-electron chi connectivity index (χ4n) is 0.605. The van der Waals surface area contributed by atoms with E-state index in [1.54, 1.807) is 14.0 Å². The Morgan fingerprint density at radius 1 is 1.62 bits per heavy atom. The molecule has 0 aliphatic carbocycles. The van der Waals surface area contributed by atoms with Crippen molar-refractivity contribution in [1.82, 2.24) is 14.9 Å². The number of nitrogens with zero attached hydrogens (tertiary/aromatic N) is 3. The average Bonchev–Trinajstić information content (AvgIpc) is 2.51. The van der Waals surface area contributed by atoms with Crippen LogP contribution in [0.2, 0.25) is 0 Å². The van der Waals surface area contributed by atoms with Crippen LogP contribution in [-0.2, 0) is 16.0 Å². The van der Waals surface area contributed by atoms with Crippen LogP contribution in [0.1, 0.15) is 5.01 Å². The van der Waals surface area contributed by atoms with Crippen molar-refractivity contribution < 1.29 is 9.00 Å². The van der Waals surface area contributed by atoms with E-state index in [-0.39, 0.29) is 0 Å². The second-order valence-electron chi connectivity index (χ2n) is 2.09. The molecule has 0 bridgehead atoms. The molecule has 6 nitrogen and oxygen atoms in total. The first-order valence-electron chi connectivity index (χ1n) is 3.30. The molecule has 72 valence electrons. The first-order valence-corrected chi connectivity index (χ1v) is 5.23. The monoisotopic (exact) mass is 220 g/mol. The van der Waals surface area contributed by atoms with Crippen LogP contribution < -0.4 is 9.03 Å². The van der Waals surface area contributed by atoms with Crippen molar-refractivity contribution in [1.29, 1.82) is 0 Å². The molecule has 1 aromatic heterocycles. The zero-order chi connectivity index (χ0) is 9.84. The van der Waals surface area contributed by atoms with E-state index in [0.29, 0.717) is 11.5 Å². The highest BCUT2D eigenvalue weighted by Crippen LogP contribution is 2.18. The Kier molecular flexibility index (Phi) is 3.32. The van der Waals surface area contributed by atoms with Gasteiger partial charge in [0.05, 0.1) is 0 Å². The molecule has 1 N–H and O–H groups in total. The number of hydrogen-bond donors (Lipinski definition) is 1. The third kappa shape index (κ3) is 2.46. The first kappa shape index (κ1) is 10.1. The standard InChI is InChI=1S/C5H8N4O2S2/c1-4-7-8-5(12-4)9(2)13(11)6-3-10/h3H,1-2H3,(H,6,10). The molecular formula is C5H8N4O2S2. The van der Waals surface area contributed by atoms with Gasteiger partial charge in [-0.25, -0.2) is 4.21 Å². The fourth-order valence-corrected chi connectivity index (χ4v) is 1.89. The smallest absolute Gasteiger partial charge is 0.226 e. The highest BCUT2D eigenvalue weighted by molar-refractivity contribution is 7.85. The second kappa shape index (κ2) is 4.28. The van der Waals surface area contributed by atoms with Crippen molar-refractivity contribution >= 4 is 34.1 Å². The number of carbonyl (C=O) groups is 1. The van der Waals surface area contributed by atoms with Gasteiger partial charge in [-0.2, -0.15) is 0 Å². The summed E-state index contributed by atoms with van der Waals surface area (Å²) in [5.74, 6) is 0. The van der Waals surface area contributed by atoms with E-state index < -0.39 is 11.2 Å². The Bertz CT molecular complexity index is 326. The Morgan fingerprint density at radius 2 is 2.31 bits per heavy atom. The number of nitrogens with one attached hydrogen (secondary N) is 1. The van der Waals surface area contributed by atoms with Crippen LogP contribution in [0.3, 0.4) is 0 Å². The lowest BCUT2D eigenvalue weighted by molar-refractivity contribution is -0.108. The minimum Gasteiger partial charge on any atom is -0.278 e. The van der Waals surface area contributed by atoms with E-state index >= 15 is 0 Å². The first-order chi connectivity index (χ1) is 6.15. The second-order valence-corrected chi connectivity index (χ2v) is 4.53. The lowest BCUT2D eigenvalue weighted by Crippen LogP contribution is -2.31. The SMILES string of the molecule is Cc1nnc(N(C)S(=O)NC=O)s1. The van der Waals surface area contributed by atoms with Crippen molar-refractivity contribution in [2.75, 3.05) is 11.4 Å². The number of aryl methyl sites for hydroxylation is 1. The average molecular weight is 220 g/mol. The van der Waals surface area contributed by atoms with Crippen LogP contribution in [0.25, 0.3) is 0 Å². The summed E-state index contributed by atoms with van der Waals surface area (Å²) in [7, 11) is 1.56. The molecule has 1 rings (SSSR count). The maximum absolute atomic E-state index is 11.2. The van der Waals surface area contributed by atoms with E-state index in [1.165, 1.54) is 15.6 Å². The molecule has 0 aliphatic rings. The molecule has 0 aromatic carbocycles. The van der Waals surface area contributed by atoms with Crippen molar-refractivity contribution in [2.45, 2.75) is 6.92 Å². The molecule has 0 saturated carbocycles. The molecule has 0 fully saturated rings. The summed E-state index contributed by atoms with van der Waals surface area (Å²) < 4.78 is 14.6. The van der Waals surface area contributed by atoms with E-state index in [0.717, 1.165) is 5.01 Å². The van der Waals surface area contributed by atoms with Gasteiger partial charge in [-0.15, -0.1) is 10.2 Å². The summed E-state index contributed by atoms with van der Waals surface area (Å²) in [6.45, 7) is 1.80. The minimum absolute atomic E-state index is 0.375. The summed E-state index contributed by atoms with van der Waals surface area (Å²) in [6.07, 6.45) is 0.375. The van der Waals surface area contributed by atoms with Crippen molar-refractivity contribution in [3.8, 4) is 0 Å². The zero-order valence-electron chi connectivity index (χ0n) is 7.05. The van der Waals surface area contributed by atoms with Crippen LogP contribution in [0.15, 0.2) is 0 Å². The lowest BCUT2D eigenvalue weighted by atomic mass is 10.9. The van der Waals surface area contributed by atoms with Gasteiger partial charge in [0, 0.05) is 7.05 Å². The lowest BCUT2D eigenvalue weighted by Gasteiger charge is -2.11. The van der Waals surface area contributed by atoms with Crippen LogP contribution in [0.4, 0.5) is 5.13 Å². The summed E-state index contributed by atoms with van der Waals surface area (Å²) >= 11 is -0.275. The topological polar surface area (TPSA) is 75.2 Å². The van der Waals surface area contributed by atoms with Gasteiger partial charge in [-0.3, -0.25) is 13.8 Å². The normalized spacial score (nSPS) is 12.2. The molecule has 1 atom stereocenters. The Labute approximate surface area is 81.7 Å². The Balaban J connectivity index is 2.72. The third-order valence-corrected chi connectivity index (χ3v) is 3.18. The number of amides is 1. The fraction of sp³-hybridized carbons (Fsp3) is 0.400. The number of anilines is 1. The molecular weight excluding hydrogens is 212 g/mol. The van der Waals surface area contributed by atoms with Crippen molar-refractivity contribution in [3.05, 3.63) is 5.01 Å². The third-order valence-electron chi connectivity index (χ3n) is 1.18. The summed E-state index contributed by atoms with van der Waals surface area (Å²) in [5.41, 5.74) is 0. The van der Waals surface area contributed by atoms with Crippen LogP contribution in [0.5, 0.6) is 0 Å². The highest BCUT2D eigenvalue weighted by atomic mass is 32.2. The summed E-state index contributed by atoms with van der Waals surface area (Å²) in [5, 5.41) is 8.81. The van der Waals surface area contributed by atoms with Crippen LogP contribution in [0, 0.1) is 6.92 Å². The largest absolute Gasteiger partial charge is 0.278 e. The van der Waals surface area contributed by atoms with Gasteiger partial charge < -0.3 is 0 Å². The number of carbonyl (C=O) groups excluding carboxylic acids is 1. The Hall–Kier alpha value is -1.02. The molecule has 0 aliphatic heterocycles. The Morgan fingerprint density at radius 3 is 2.77 bits per heavy atom. The molecule has 1 unspecified atom stereocenters. The molecule has 1 amide bonds. The van der Waals surface area contributed by atoms with Gasteiger partial charge in [0.25, 0.3) is 0 Å². The van der Waals surface area contributed by atoms with Crippen molar-refractivity contribution in [2.24, 2.45) is 0 Å². The van der Waals surface area contributed by atoms with Crippen molar-refractivity contribution in [3.63, 3.8) is 0 Å². The van der Waals surface area contributed by atoms with Gasteiger partial charge in [-0.1, -0.05) is 11.3 Å². The molecule has 8 heteroatoms. The molecule has 0 radical (unpaired) electrons. The molecule has 1 heterocycles. The van der Waals surface area contributed by atoms with Gasteiger partial charge in [0.1, 0.15) is 5.01 Å². The molecule has 0 spiro atoms. The van der Waals surface area contributed by atoms with Gasteiger partial charge in [-0.05, 0) is 6.92 Å². The van der Waals surface area contributed by atoms with Gasteiger partial charge in [0.2, 0.25) is 22.7 Å². The molecule has 1 aromatic rings. The van der Waals surface area contributed by atoms with Gasteiger partial charge >= 0.3 is 0 Å². The quantitative estimate of drug-likeness (QED) is 0.701. The predicted octanol–water partition coefficient (Wildman–Crippen LogP) is -0.393.